The van der Waals surface area contributed by atoms with E-state index in [2.05, 4.69) is 9.97 Å². The van der Waals surface area contributed by atoms with E-state index in [-0.39, 0.29) is 0 Å². The van der Waals surface area contributed by atoms with Crippen LogP contribution in [0.2, 0.25) is 0 Å². The van der Waals surface area contributed by atoms with Gasteiger partial charge in [0.1, 0.15) is 12.1 Å². The van der Waals surface area contributed by atoms with Gasteiger partial charge in [-0.1, -0.05) is 0 Å². The second-order valence-corrected chi connectivity index (χ2v) is 5.62. The molecule has 0 saturated carbocycles. The van der Waals surface area contributed by atoms with Gasteiger partial charge in [0, 0.05) is 18.5 Å². The number of nitrogens with two attached hydrogens (primary N) is 1. The van der Waals surface area contributed by atoms with Crippen LogP contribution in [0, 0.1) is 5.92 Å². The minimum absolute atomic E-state index is 0.351. The van der Waals surface area contributed by atoms with Crippen LogP contribution in [0.25, 0.3) is 10.9 Å². The minimum atomic E-state index is -4.37. The van der Waals surface area contributed by atoms with Crippen LogP contribution in [-0.4, -0.2) is 29.6 Å². The lowest BCUT2D eigenvalue weighted by Crippen LogP contribution is -2.39. The number of piperidine rings is 1. The van der Waals surface area contributed by atoms with Crippen molar-refractivity contribution in [3.63, 3.8) is 0 Å². The molecule has 118 valence electrons. The molecular weight excluding hydrogens is 293 g/mol. The number of hydrogen-bond acceptors (Lipinski definition) is 4. The number of nitrogens with zero attached hydrogens (tertiary/aromatic N) is 3. The van der Waals surface area contributed by atoms with Gasteiger partial charge in [0.2, 0.25) is 0 Å². The number of hydrogen-bond donors (Lipinski definition) is 1. The molecule has 0 aliphatic carbocycles. The monoisotopic (exact) mass is 310 g/mol. The second kappa shape index (κ2) is 5.72. The van der Waals surface area contributed by atoms with Crippen LogP contribution in [0.1, 0.15) is 18.4 Å². The lowest BCUT2D eigenvalue weighted by atomic mass is 9.98. The largest absolute Gasteiger partial charge is 0.416 e. The summed E-state index contributed by atoms with van der Waals surface area (Å²) in [7, 11) is 0. The summed E-state index contributed by atoms with van der Waals surface area (Å²) in [5, 5.41) is 0.440. The zero-order chi connectivity index (χ0) is 15.7. The first kappa shape index (κ1) is 15.0. The number of anilines is 1. The number of fused-ring (bicyclic) bond motifs is 1. The van der Waals surface area contributed by atoms with Crippen LogP contribution in [0.15, 0.2) is 24.5 Å². The molecule has 1 aliphatic rings. The molecule has 0 spiro atoms. The van der Waals surface area contributed by atoms with E-state index in [4.69, 9.17) is 5.73 Å². The molecule has 3 rings (SSSR count). The molecule has 0 amide bonds. The van der Waals surface area contributed by atoms with E-state index in [1.165, 1.54) is 12.4 Å². The number of rotatable bonds is 2. The molecule has 2 aromatic rings. The summed E-state index contributed by atoms with van der Waals surface area (Å²) >= 11 is 0. The average molecular weight is 310 g/mol. The predicted molar refractivity (Wildman–Crippen MR) is 78.5 cm³/mol. The van der Waals surface area contributed by atoms with Crippen LogP contribution in [0.3, 0.4) is 0 Å². The van der Waals surface area contributed by atoms with Crippen molar-refractivity contribution in [1.29, 1.82) is 0 Å². The summed E-state index contributed by atoms with van der Waals surface area (Å²) in [6.45, 7) is 2.07. The van der Waals surface area contributed by atoms with Crippen molar-refractivity contribution >= 4 is 16.7 Å². The van der Waals surface area contributed by atoms with Crippen molar-refractivity contribution in [1.82, 2.24) is 9.97 Å². The summed E-state index contributed by atoms with van der Waals surface area (Å²) < 4.78 is 38.8. The van der Waals surface area contributed by atoms with Gasteiger partial charge < -0.3 is 10.6 Å². The molecule has 0 bridgehead atoms. The van der Waals surface area contributed by atoms with E-state index < -0.39 is 11.7 Å². The highest BCUT2D eigenvalue weighted by Crippen LogP contribution is 2.34. The summed E-state index contributed by atoms with van der Waals surface area (Å²) in [6, 6.07) is 3.59. The van der Waals surface area contributed by atoms with Crippen molar-refractivity contribution in [3.8, 4) is 0 Å². The molecule has 1 unspecified atom stereocenters. The zero-order valence-electron chi connectivity index (χ0n) is 12.0. The van der Waals surface area contributed by atoms with E-state index in [9.17, 15) is 13.2 Å². The van der Waals surface area contributed by atoms with Crippen LogP contribution >= 0.6 is 0 Å². The Morgan fingerprint density at radius 2 is 2.09 bits per heavy atom. The van der Waals surface area contributed by atoms with Gasteiger partial charge in [-0.2, -0.15) is 13.2 Å². The van der Waals surface area contributed by atoms with Crippen molar-refractivity contribution in [2.75, 3.05) is 24.5 Å². The highest BCUT2D eigenvalue weighted by molar-refractivity contribution is 5.90. The first-order valence-corrected chi connectivity index (χ1v) is 7.26. The Morgan fingerprint density at radius 3 is 2.82 bits per heavy atom. The Morgan fingerprint density at radius 1 is 1.27 bits per heavy atom. The number of benzene rings is 1. The fourth-order valence-corrected chi connectivity index (χ4v) is 2.92. The Labute approximate surface area is 126 Å². The number of alkyl halides is 3. The Hall–Kier alpha value is -1.89. The Balaban J connectivity index is 2.05. The van der Waals surface area contributed by atoms with Gasteiger partial charge in [-0.3, -0.25) is 0 Å². The molecular formula is C15H17F3N4. The van der Waals surface area contributed by atoms with Crippen molar-refractivity contribution in [3.05, 3.63) is 30.1 Å². The van der Waals surface area contributed by atoms with Crippen LogP contribution in [0.4, 0.5) is 19.0 Å². The van der Waals surface area contributed by atoms with Gasteiger partial charge in [-0.25, -0.2) is 9.97 Å². The molecule has 1 saturated heterocycles. The van der Waals surface area contributed by atoms with Gasteiger partial charge in [0.15, 0.2) is 0 Å². The highest BCUT2D eigenvalue weighted by Gasteiger charge is 2.31. The fourth-order valence-electron chi connectivity index (χ4n) is 2.92. The molecule has 2 heterocycles. The molecule has 4 nitrogen and oxygen atoms in total. The molecule has 1 aliphatic heterocycles. The lowest BCUT2D eigenvalue weighted by Gasteiger charge is -2.33. The third-order valence-corrected chi connectivity index (χ3v) is 4.09. The van der Waals surface area contributed by atoms with Gasteiger partial charge in [0.25, 0.3) is 0 Å². The first-order valence-electron chi connectivity index (χ1n) is 7.26. The highest BCUT2D eigenvalue weighted by atomic mass is 19.4. The molecule has 7 heteroatoms. The SMILES string of the molecule is NCC1CCCN(c2ncnc3ccc(C(F)(F)F)cc23)C1. The summed E-state index contributed by atoms with van der Waals surface area (Å²) in [5.41, 5.74) is 5.57. The zero-order valence-corrected chi connectivity index (χ0v) is 12.0. The normalized spacial score (nSPS) is 19.6. The van der Waals surface area contributed by atoms with Crippen LogP contribution in [0.5, 0.6) is 0 Å². The number of halogens is 3. The third-order valence-electron chi connectivity index (χ3n) is 4.09. The Kier molecular flexibility index (Phi) is 3.90. The minimum Gasteiger partial charge on any atom is -0.356 e. The van der Waals surface area contributed by atoms with Crippen molar-refractivity contribution < 1.29 is 13.2 Å². The average Bonchev–Trinajstić information content (AvgIpc) is 2.53. The third kappa shape index (κ3) is 2.85. The topological polar surface area (TPSA) is 55.0 Å². The van der Waals surface area contributed by atoms with Gasteiger partial charge in [0.05, 0.1) is 11.1 Å². The Bertz CT molecular complexity index is 671. The predicted octanol–water partition coefficient (Wildman–Crippen LogP) is 2.82. The van der Waals surface area contributed by atoms with Crippen molar-refractivity contribution in [2.24, 2.45) is 11.7 Å². The standard InChI is InChI=1S/C15H17F3N4/c16-15(17,18)11-3-4-13-12(6-11)14(21-9-20-13)22-5-1-2-10(7-19)8-22/h3-4,6,9-10H,1-2,5,7-8,19H2. The van der Waals surface area contributed by atoms with Gasteiger partial charge >= 0.3 is 6.18 Å². The second-order valence-electron chi connectivity index (χ2n) is 5.62. The van der Waals surface area contributed by atoms with Gasteiger partial charge in [-0.15, -0.1) is 0 Å². The smallest absolute Gasteiger partial charge is 0.356 e. The fraction of sp³-hybridized carbons (Fsp3) is 0.467. The van der Waals surface area contributed by atoms with E-state index >= 15 is 0 Å². The van der Waals surface area contributed by atoms with Gasteiger partial charge in [-0.05, 0) is 43.5 Å². The summed E-state index contributed by atoms with van der Waals surface area (Å²) in [5.74, 6) is 0.916. The molecule has 1 atom stereocenters. The lowest BCUT2D eigenvalue weighted by molar-refractivity contribution is -0.137. The quantitative estimate of drug-likeness (QED) is 0.927. The molecule has 0 radical (unpaired) electrons. The molecule has 1 fully saturated rings. The maximum atomic E-state index is 12.9. The first-order chi connectivity index (χ1) is 10.5. The molecule has 1 aromatic carbocycles. The van der Waals surface area contributed by atoms with Crippen molar-refractivity contribution in [2.45, 2.75) is 19.0 Å². The summed E-state index contributed by atoms with van der Waals surface area (Å²) in [4.78, 5) is 10.3. The van der Waals surface area contributed by atoms with E-state index in [0.717, 1.165) is 38.1 Å². The van der Waals surface area contributed by atoms with Crippen LogP contribution in [-0.2, 0) is 6.18 Å². The van der Waals surface area contributed by atoms with Crippen LogP contribution < -0.4 is 10.6 Å². The maximum absolute atomic E-state index is 12.9. The van der Waals surface area contributed by atoms with E-state index in [0.29, 0.717) is 29.2 Å². The molecule has 1 aromatic heterocycles. The van der Waals surface area contributed by atoms with E-state index in [1.54, 1.807) is 0 Å². The number of aromatic nitrogens is 2. The molecule has 2 N–H and O–H groups in total. The van der Waals surface area contributed by atoms with E-state index in [1.807, 2.05) is 4.90 Å². The molecule has 22 heavy (non-hydrogen) atoms. The summed E-state index contributed by atoms with van der Waals surface area (Å²) in [6.07, 6.45) is -0.962. The maximum Gasteiger partial charge on any atom is 0.416 e.